The molecular weight excluding hydrogens is 292 g/mol. The number of phenols is 1. The topological polar surface area (TPSA) is 53.4 Å². The van der Waals surface area contributed by atoms with E-state index in [2.05, 4.69) is 17.6 Å². The van der Waals surface area contributed by atoms with Crippen LogP contribution in [0.15, 0.2) is 29.6 Å². The zero-order chi connectivity index (χ0) is 14.1. The Kier molecular flexibility index (Phi) is 3.67. The van der Waals surface area contributed by atoms with Gasteiger partial charge in [-0.2, -0.15) is 12.6 Å². The highest BCUT2D eigenvalue weighted by molar-refractivity contribution is 7.80. The Morgan fingerprint density at radius 1 is 1.45 bits per heavy atom. The van der Waals surface area contributed by atoms with E-state index in [1.807, 2.05) is 17.5 Å². The molecule has 1 fully saturated rings. The number of amides is 1. The molecular formula is C14H14N2O2S2. The van der Waals surface area contributed by atoms with Gasteiger partial charge in [-0.25, -0.2) is 4.98 Å². The van der Waals surface area contributed by atoms with Crippen molar-refractivity contribution in [1.29, 1.82) is 0 Å². The molecule has 6 heteroatoms. The van der Waals surface area contributed by atoms with Crippen LogP contribution in [0.2, 0.25) is 0 Å². The zero-order valence-corrected chi connectivity index (χ0v) is 12.4. The largest absolute Gasteiger partial charge is 0.507 e. The van der Waals surface area contributed by atoms with Gasteiger partial charge in [0.25, 0.3) is 0 Å². The number of rotatable bonds is 3. The van der Waals surface area contributed by atoms with E-state index in [0.717, 1.165) is 0 Å². The lowest BCUT2D eigenvalue weighted by Crippen LogP contribution is -2.24. The van der Waals surface area contributed by atoms with Crippen molar-refractivity contribution < 1.29 is 9.90 Å². The third kappa shape index (κ3) is 2.41. The normalized spacial score (nSPS) is 18.8. The second kappa shape index (κ2) is 5.46. The maximum Gasteiger partial charge on any atom is 0.229 e. The summed E-state index contributed by atoms with van der Waals surface area (Å²) in [4.78, 5) is 18.2. The van der Waals surface area contributed by atoms with E-state index in [1.54, 1.807) is 17.0 Å². The minimum Gasteiger partial charge on any atom is -0.507 e. The molecule has 20 heavy (non-hydrogen) atoms. The van der Waals surface area contributed by atoms with Crippen molar-refractivity contribution in [3.8, 4) is 17.0 Å². The van der Waals surface area contributed by atoms with Crippen LogP contribution in [-0.2, 0) is 4.79 Å². The number of thiazole rings is 1. The first-order valence-corrected chi connectivity index (χ1v) is 7.85. The lowest BCUT2D eigenvalue weighted by atomic mass is 10.1. The quantitative estimate of drug-likeness (QED) is 0.857. The molecule has 1 N–H and O–H groups in total. The fourth-order valence-corrected chi connectivity index (χ4v) is 3.39. The fraction of sp³-hybridized carbons (Fsp3) is 0.286. The average molecular weight is 306 g/mol. The molecule has 3 rings (SSSR count). The summed E-state index contributed by atoms with van der Waals surface area (Å²) < 4.78 is 0. The van der Waals surface area contributed by atoms with Gasteiger partial charge in [0.2, 0.25) is 5.91 Å². The number of nitrogens with zero attached hydrogens (tertiary/aromatic N) is 2. The lowest BCUT2D eigenvalue weighted by molar-refractivity contribution is -0.117. The highest BCUT2D eigenvalue weighted by atomic mass is 32.1. The number of aromatic hydroxyl groups is 1. The predicted octanol–water partition coefficient (Wildman–Crippen LogP) is 2.80. The number of hydrogen-bond acceptors (Lipinski definition) is 5. The Balaban J connectivity index is 1.88. The van der Waals surface area contributed by atoms with Gasteiger partial charge in [-0.05, 0) is 23.8 Å². The number of aromatic nitrogens is 1. The number of anilines is 1. The second-order valence-electron chi connectivity index (χ2n) is 4.79. The zero-order valence-electron chi connectivity index (χ0n) is 10.7. The van der Waals surface area contributed by atoms with Gasteiger partial charge in [0.15, 0.2) is 5.13 Å². The van der Waals surface area contributed by atoms with Crippen molar-refractivity contribution in [3.63, 3.8) is 0 Å². The van der Waals surface area contributed by atoms with Crippen LogP contribution in [-0.4, -0.2) is 28.3 Å². The minimum atomic E-state index is 0.0993. The number of hydrogen-bond donors (Lipinski definition) is 2. The van der Waals surface area contributed by atoms with Crippen LogP contribution in [0.4, 0.5) is 5.13 Å². The number of para-hydroxylation sites is 1. The molecule has 1 amide bonds. The molecule has 1 aromatic heterocycles. The molecule has 1 aliphatic rings. The smallest absolute Gasteiger partial charge is 0.229 e. The number of carbonyl (C=O) groups excluding carboxylic acids is 1. The van der Waals surface area contributed by atoms with E-state index in [0.29, 0.717) is 41.0 Å². The van der Waals surface area contributed by atoms with Crippen molar-refractivity contribution in [2.24, 2.45) is 5.92 Å². The van der Waals surface area contributed by atoms with Gasteiger partial charge < -0.3 is 5.11 Å². The molecule has 1 saturated heterocycles. The summed E-state index contributed by atoms with van der Waals surface area (Å²) in [6, 6.07) is 7.07. The Morgan fingerprint density at radius 2 is 2.25 bits per heavy atom. The van der Waals surface area contributed by atoms with Crippen LogP contribution in [0, 0.1) is 5.92 Å². The molecule has 0 bridgehead atoms. The first kappa shape index (κ1) is 13.5. The van der Waals surface area contributed by atoms with E-state index in [-0.39, 0.29) is 11.7 Å². The van der Waals surface area contributed by atoms with Gasteiger partial charge in [-0.1, -0.05) is 12.1 Å². The summed E-state index contributed by atoms with van der Waals surface area (Å²) in [5.74, 6) is 1.30. The number of phenolic OH excluding ortho intramolecular Hbond substituents is 1. The average Bonchev–Trinajstić information content (AvgIpc) is 3.05. The lowest BCUT2D eigenvalue weighted by Gasteiger charge is -2.11. The third-order valence-electron chi connectivity index (χ3n) is 3.37. The van der Waals surface area contributed by atoms with Crippen LogP contribution in [0.1, 0.15) is 6.42 Å². The Bertz CT molecular complexity index is 642. The molecule has 4 nitrogen and oxygen atoms in total. The van der Waals surface area contributed by atoms with E-state index in [1.165, 1.54) is 11.3 Å². The second-order valence-corrected chi connectivity index (χ2v) is 5.99. The van der Waals surface area contributed by atoms with Gasteiger partial charge >= 0.3 is 0 Å². The summed E-state index contributed by atoms with van der Waals surface area (Å²) in [6.07, 6.45) is 0.537. The summed E-state index contributed by atoms with van der Waals surface area (Å²) in [5.41, 5.74) is 1.39. The van der Waals surface area contributed by atoms with Crippen LogP contribution >= 0.6 is 24.0 Å². The molecule has 1 atom stereocenters. The molecule has 0 radical (unpaired) electrons. The molecule has 0 saturated carbocycles. The van der Waals surface area contributed by atoms with Crippen LogP contribution in [0.5, 0.6) is 5.75 Å². The van der Waals surface area contributed by atoms with E-state index in [4.69, 9.17) is 0 Å². The number of benzene rings is 1. The third-order valence-corrected chi connectivity index (χ3v) is 4.75. The Morgan fingerprint density at radius 3 is 2.95 bits per heavy atom. The Hall–Kier alpha value is -1.53. The molecule has 0 spiro atoms. The van der Waals surface area contributed by atoms with E-state index in [9.17, 15) is 9.90 Å². The van der Waals surface area contributed by atoms with Crippen LogP contribution in [0.25, 0.3) is 11.3 Å². The summed E-state index contributed by atoms with van der Waals surface area (Å²) in [5, 5.41) is 12.4. The van der Waals surface area contributed by atoms with Crippen molar-refractivity contribution >= 4 is 35.0 Å². The minimum absolute atomic E-state index is 0.0993. The molecule has 104 valence electrons. The molecule has 1 aromatic carbocycles. The first-order valence-electron chi connectivity index (χ1n) is 6.34. The summed E-state index contributed by atoms with van der Waals surface area (Å²) in [7, 11) is 0. The van der Waals surface area contributed by atoms with Crippen LogP contribution < -0.4 is 4.90 Å². The molecule has 2 heterocycles. The molecule has 1 unspecified atom stereocenters. The van der Waals surface area contributed by atoms with Gasteiger partial charge in [0, 0.05) is 23.9 Å². The van der Waals surface area contributed by atoms with Gasteiger partial charge in [0.05, 0.1) is 5.69 Å². The van der Waals surface area contributed by atoms with Crippen molar-refractivity contribution in [2.45, 2.75) is 6.42 Å². The standard InChI is InChI=1S/C14H14N2O2S2/c17-12-4-2-1-3-10(12)11-8-20-14(15-11)16-6-9(7-19)5-13(16)18/h1-4,8-9,17,19H,5-7H2. The maximum absolute atomic E-state index is 12.0. The SMILES string of the molecule is O=C1CC(CS)CN1c1nc(-c2ccccc2O)cs1. The molecule has 0 aliphatic carbocycles. The monoisotopic (exact) mass is 306 g/mol. The van der Waals surface area contributed by atoms with E-state index >= 15 is 0 Å². The number of carbonyl (C=O) groups is 1. The summed E-state index contributed by atoms with van der Waals surface area (Å²) >= 11 is 5.68. The van der Waals surface area contributed by atoms with Crippen LogP contribution in [0.3, 0.4) is 0 Å². The maximum atomic E-state index is 12.0. The van der Waals surface area contributed by atoms with Gasteiger partial charge in [-0.3, -0.25) is 9.69 Å². The van der Waals surface area contributed by atoms with Gasteiger partial charge in [0.1, 0.15) is 5.75 Å². The van der Waals surface area contributed by atoms with E-state index < -0.39 is 0 Å². The van der Waals surface area contributed by atoms with Crippen molar-refractivity contribution in [2.75, 3.05) is 17.2 Å². The highest BCUT2D eigenvalue weighted by Crippen LogP contribution is 2.34. The summed E-state index contributed by atoms with van der Waals surface area (Å²) in [6.45, 7) is 0.677. The predicted molar refractivity (Wildman–Crippen MR) is 83.5 cm³/mol. The highest BCUT2D eigenvalue weighted by Gasteiger charge is 2.31. The number of thiol groups is 1. The fourth-order valence-electron chi connectivity index (χ4n) is 2.29. The molecule has 2 aromatic rings. The molecule has 1 aliphatic heterocycles. The van der Waals surface area contributed by atoms with Crippen molar-refractivity contribution in [3.05, 3.63) is 29.6 Å². The Labute approximate surface area is 126 Å². The van der Waals surface area contributed by atoms with Crippen molar-refractivity contribution in [1.82, 2.24) is 4.98 Å². The van der Waals surface area contributed by atoms with Gasteiger partial charge in [-0.15, -0.1) is 11.3 Å². The first-order chi connectivity index (χ1) is 9.69.